The Morgan fingerprint density at radius 2 is 2.19 bits per heavy atom. The van der Waals surface area contributed by atoms with Crippen molar-refractivity contribution < 1.29 is 0 Å². The van der Waals surface area contributed by atoms with Gasteiger partial charge in [0.15, 0.2) is 0 Å². The van der Waals surface area contributed by atoms with Crippen LogP contribution in [0.15, 0.2) is 18.2 Å². The van der Waals surface area contributed by atoms with E-state index >= 15 is 0 Å². The lowest BCUT2D eigenvalue weighted by molar-refractivity contribution is 0.537. The zero-order valence-corrected chi connectivity index (χ0v) is 9.79. The minimum Gasteiger partial charge on any atom is -0.382 e. The van der Waals surface area contributed by atoms with E-state index in [4.69, 9.17) is 0 Å². The number of nitrogens with zero attached hydrogens (tertiary/aromatic N) is 1. The van der Waals surface area contributed by atoms with Gasteiger partial charge >= 0.3 is 0 Å². The third-order valence-electron chi connectivity index (χ3n) is 3.64. The maximum atomic E-state index is 3.64. The highest BCUT2D eigenvalue weighted by Crippen LogP contribution is 2.38. The van der Waals surface area contributed by atoms with Gasteiger partial charge < -0.3 is 15.5 Å². The van der Waals surface area contributed by atoms with E-state index < -0.39 is 0 Å². The molecular weight excluding hydrogens is 198 g/mol. The maximum Gasteiger partial charge on any atom is 0.0651 e. The summed E-state index contributed by atoms with van der Waals surface area (Å²) in [4.78, 5) is 2.52. The molecule has 0 amide bonds. The number of nitrogens with one attached hydrogen (secondary N) is 2. The highest BCUT2D eigenvalue weighted by Gasteiger charge is 2.25. The Morgan fingerprint density at radius 3 is 3.06 bits per heavy atom. The molecule has 0 radical (unpaired) electrons. The van der Waals surface area contributed by atoms with Crippen LogP contribution in [0.2, 0.25) is 0 Å². The van der Waals surface area contributed by atoms with Crippen molar-refractivity contribution in [3.63, 3.8) is 0 Å². The van der Waals surface area contributed by atoms with E-state index in [1.165, 1.54) is 16.9 Å². The third-order valence-corrected chi connectivity index (χ3v) is 3.64. The zero-order chi connectivity index (χ0) is 11.0. The van der Waals surface area contributed by atoms with E-state index in [9.17, 15) is 0 Å². The third kappa shape index (κ3) is 1.47. The van der Waals surface area contributed by atoms with Crippen molar-refractivity contribution in [2.75, 3.05) is 36.4 Å². The van der Waals surface area contributed by atoms with Crippen LogP contribution >= 0.6 is 0 Å². The number of benzene rings is 1. The monoisotopic (exact) mass is 217 g/mol. The summed E-state index contributed by atoms with van der Waals surface area (Å²) in [7, 11) is 0. The van der Waals surface area contributed by atoms with Crippen LogP contribution < -0.4 is 15.5 Å². The van der Waals surface area contributed by atoms with Crippen LogP contribution in [-0.2, 0) is 0 Å². The molecule has 2 aliphatic rings. The summed E-state index contributed by atoms with van der Waals surface area (Å²) in [5, 5.41) is 7.14. The lowest BCUT2D eigenvalue weighted by Crippen LogP contribution is -2.36. The van der Waals surface area contributed by atoms with Crippen molar-refractivity contribution in [2.45, 2.75) is 19.4 Å². The van der Waals surface area contributed by atoms with Gasteiger partial charge in [0.05, 0.1) is 11.4 Å². The second-order valence-electron chi connectivity index (χ2n) is 4.57. The first-order valence-corrected chi connectivity index (χ1v) is 6.25. The second kappa shape index (κ2) is 3.98. The summed E-state index contributed by atoms with van der Waals surface area (Å²) < 4.78 is 0. The van der Waals surface area contributed by atoms with Crippen molar-refractivity contribution in [3.05, 3.63) is 23.8 Å². The molecule has 0 fully saturated rings. The van der Waals surface area contributed by atoms with Crippen LogP contribution in [0.1, 0.15) is 24.9 Å². The van der Waals surface area contributed by atoms with Crippen LogP contribution in [-0.4, -0.2) is 26.2 Å². The van der Waals surface area contributed by atoms with Gasteiger partial charge in [-0.1, -0.05) is 19.1 Å². The topological polar surface area (TPSA) is 27.3 Å². The minimum atomic E-state index is 0.514. The smallest absolute Gasteiger partial charge is 0.0651 e. The van der Waals surface area contributed by atoms with Gasteiger partial charge in [-0.05, 0) is 18.1 Å². The fraction of sp³-hybridized carbons (Fsp3) is 0.538. The summed E-state index contributed by atoms with van der Waals surface area (Å²) in [6, 6.07) is 7.15. The molecule has 1 atom stereocenters. The largest absolute Gasteiger partial charge is 0.382 e. The van der Waals surface area contributed by atoms with Gasteiger partial charge in [0, 0.05) is 32.2 Å². The summed E-state index contributed by atoms with van der Waals surface area (Å²) >= 11 is 0. The van der Waals surface area contributed by atoms with Crippen LogP contribution in [0, 0.1) is 0 Å². The summed E-state index contributed by atoms with van der Waals surface area (Å²) in [5.41, 5.74) is 4.21. The fourth-order valence-corrected chi connectivity index (χ4v) is 2.85. The molecule has 0 aliphatic carbocycles. The average molecular weight is 217 g/mol. The Hall–Kier alpha value is -1.22. The highest BCUT2D eigenvalue weighted by atomic mass is 15.2. The lowest BCUT2D eigenvalue weighted by atomic mass is 10.00. The number of para-hydroxylation sites is 1. The first-order valence-electron chi connectivity index (χ1n) is 6.25. The van der Waals surface area contributed by atoms with Gasteiger partial charge in [-0.2, -0.15) is 0 Å². The molecule has 0 spiro atoms. The van der Waals surface area contributed by atoms with Gasteiger partial charge in [0.25, 0.3) is 0 Å². The van der Waals surface area contributed by atoms with Crippen LogP contribution in [0.25, 0.3) is 0 Å². The van der Waals surface area contributed by atoms with Crippen molar-refractivity contribution in [1.29, 1.82) is 0 Å². The molecule has 16 heavy (non-hydrogen) atoms. The average Bonchev–Trinajstić information content (AvgIpc) is 2.51. The minimum absolute atomic E-state index is 0.514. The van der Waals surface area contributed by atoms with E-state index in [0.717, 1.165) is 32.6 Å². The Labute approximate surface area is 96.8 Å². The predicted molar refractivity (Wildman–Crippen MR) is 68.2 cm³/mol. The van der Waals surface area contributed by atoms with Gasteiger partial charge in [-0.3, -0.25) is 0 Å². The van der Waals surface area contributed by atoms with Crippen LogP contribution in [0.3, 0.4) is 0 Å². The molecule has 0 aromatic heterocycles. The van der Waals surface area contributed by atoms with Crippen LogP contribution in [0.4, 0.5) is 11.4 Å². The summed E-state index contributed by atoms with van der Waals surface area (Å²) in [5.74, 6) is 0. The van der Waals surface area contributed by atoms with Gasteiger partial charge in [0.1, 0.15) is 0 Å². The molecule has 0 bridgehead atoms. The molecule has 1 aromatic carbocycles. The first-order chi connectivity index (χ1) is 7.90. The van der Waals surface area contributed by atoms with Gasteiger partial charge in [-0.15, -0.1) is 0 Å². The Morgan fingerprint density at radius 1 is 1.31 bits per heavy atom. The molecule has 2 aliphatic heterocycles. The molecule has 1 aromatic rings. The Balaban J connectivity index is 2.12. The molecule has 2 N–H and O–H groups in total. The molecular formula is C13H19N3. The van der Waals surface area contributed by atoms with E-state index in [1.54, 1.807) is 0 Å². The molecule has 0 saturated heterocycles. The number of rotatable bonds is 1. The SMILES string of the molecule is CC[C@H]1NCCN2CCNc3cccc1c32. The maximum absolute atomic E-state index is 3.64. The Bertz CT molecular complexity index is 389. The van der Waals surface area contributed by atoms with Crippen LogP contribution in [0.5, 0.6) is 0 Å². The standard InChI is InChI=1S/C13H19N3/c1-2-11-10-4-3-5-12-13(10)16(8-6-14-11)9-7-15-12/h3-5,11,14-15H,2,6-9H2,1H3/t11-/m1/s1. The number of anilines is 2. The quantitative estimate of drug-likeness (QED) is 0.753. The molecule has 86 valence electrons. The normalized spacial score (nSPS) is 23.3. The van der Waals surface area contributed by atoms with Crippen molar-refractivity contribution in [3.8, 4) is 0 Å². The molecule has 2 heterocycles. The highest BCUT2D eigenvalue weighted by molar-refractivity contribution is 5.76. The van der Waals surface area contributed by atoms with Crippen molar-refractivity contribution in [1.82, 2.24) is 5.32 Å². The first kappa shape index (κ1) is 9.97. The van der Waals surface area contributed by atoms with Gasteiger partial charge in [-0.25, -0.2) is 0 Å². The Kier molecular flexibility index (Phi) is 2.48. The second-order valence-corrected chi connectivity index (χ2v) is 4.57. The number of hydrogen-bond acceptors (Lipinski definition) is 3. The molecule has 3 nitrogen and oxygen atoms in total. The molecule has 0 unspecified atom stereocenters. The van der Waals surface area contributed by atoms with Gasteiger partial charge in [0.2, 0.25) is 0 Å². The summed E-state index contributed by atoms with van der Waals surface area (Å²) in [6.45, 7) is 6.66. The van der Waals surface area contributed by atoms with E-state index in [0.29, 0.717) is 6.04 Å². The molecule has 3 rings (SSSR count). The molecule has 3 heteroatoms. The lowest BCUT2D eigenvalue weighted by Gasteiger charge is -2.32. The van der Waals surface area contributed by atoms with Crippen molar-refractivity contribution >= 4 is 11.4 Å². The molecule has 0 saturated carbocycles. The van der Waals surface area contributed by atoms with E-state index in [2.05, 4.69) is 40.7 Å². The predicted octanol–water partition coefficient (Wildman–Crippen LogP) is 1.97. The summed E-state index contributed by atoms with van der Waals surface area (Å²) in [6.07, 6.45) is 1.16. The van der Waals surface area contributed by atoms with E-state index in [-0.39, 0.29) is 0 Å². The number of hydrogen-bond donors (Lipinski definition) is 2. The fourth-order valence-electron chi connectivity index (χ4n) is 2.85. The van der Waals surface area contributed by atoms with E-state index in [1.807, 2.05) is 0 Å². The zero-order valence-electron chi connectivity index (χ0n) is 9.79. The van der Waals surface area contributed by atoms with Crippen molar-refractivity contribution in [2.24, 2.45) is 0 Å².